The number of hydrogen-bond acceptors (Lipinski definition) is 2. The summed E-state index contributed by atoms with van der Waals surface area (Å²) in [6, 6.07) is 20.8. The van der Waals surface area contributed by atoms with Crippen molar-refractivity contribution in [1.29, 1.82) is 0 Å². The van der Waals surface area contributed by atoms with Gasteiger partial charge in [0.1, 0.15) is 0 Å². The second-order valence-corrected chi connectivity index (χ2v) is 5.50. The fraction of sp³-hybridized carbons (Fsp3) is 0.333. The van der Waals surface area contributed by atoms with Crippen molar-refractivity contribution in [1.82, 2.24) is 0 Å². The highest BCUT2D eigenvalue weighted by Gasteiger charge is 2.29. The summed E-state index contributed by atoms with van der Waals surface area (Å²) in [6.45, 7) is 1.79. The average Bonchev–Trinajstić information content (AvgIpc) is 2.47. The van der Waals surface area contributed by atoms with Crippen LogP contribution in [-0.4, -0.2) is 12.6 Å². The highest BCUT2D eigenvalue weighted by atomic mass is 16.5. The van der Waals surface area contributed by atoms with Crippen molar-refractivity contribution in [3.8, 4) is 0 Å². The molecule has 0 aliphatic heterocycles. The molecule has 0 unspecified atom stereocenters. The van der Waals surface area contributed by atoms with E-state index in [0.29, 0.717) is 6.10 Å². The van der Waals surface area contributed by atoms with Crippen molar-refractivity contribution in [3.63, 3.8) is 0 Å². The molecule has 2 heteroatoms. The molecule has 0 aromatic heterocycles. The molecule has 2 aromatic rings. The third-order valence-corrected chi connectivity index (χ3v) is 3.89. The Kier molecular flexibility index (Phi) is 4.34. The van der Waals surface area contributed by atoms with Gasteiger partial charge in [0.2, 0.25) is 0 Å². The second-order valence-electron chi connectivity index (χ2n) is 5.50. The zero-order chi connectivity index (χ0) is 13.6. The Labute approximate surface area is 120 Å². The maximum atomic E-state index is 5.92. The smallest absolute Gasteiger partial charge is 0.0720 e. The largest absolute Gasteiger partial charge is 0.385 e. The first kappa shape index (κ1) is 13.2. The van der Waals surface area contributed by atoms with E-state index in [2.05, 4.69) is 53.8 Å². The van der Waals surface area contributed by atoms with Gasteiger partial charge >= 0.3 is 0 Å². The molecule has 1 saturated carbocycles. The Morgan fingerprint density at radius 2 is 1.55 bits per heavy atom. The van der Waals surface area contributed by atoms with E-state index in [1.165, 1.54) is 24.1 Å². The van der Waals surface area contributed by atoms with Gasteiger partial charge in [0.25, 0.3) is 0 Å². The standard InChI is InChI=1S/C18H21NO/c1-3-7-15(8-4-1)14-20-18-11-16(12-18)13-19-17-9-5-2-6-10-17/h1-10,16,18-19H,11-14H2. The van der Waals surface area contributed by atoms with Crippen LogP contribution in [0.2, 0.25) is 0 Å². The molecule has 1 N–H and O–H groups in total. The molecule has 1 aliphatic carbocycles. The summed E-state index contributed by atoms with van der Waals surface area (Å²) in [7, 11) is 0. The van der Waals surface area contributed by atoms with Crippen molar-refractivity contribution < 1.29 is 4.74 Å². The maximum Gasteiger partial charge on any atom is 0.0720 e. The SMILES string of the molecule is c1ccc(COC2CC(CNc3ccccc3)C2)cc1. The Hall–Kier alpha value is -1.80. The van der Waals surface area contributed by atoms with Gasteiger partial charge in [-0.05, 0) is 36.5 Å². The van der Waals surface area contributed by atoms with Crippen LogP contribution in [0, 0.1) is 5.92 Å². The predicted molar refractivity (Wildman–Crippen MR) is 82.7 cm³/mol. The average molecular weight is 267 g/mol. The summed E-state index contributed by atoms with van der Waals surface area (Å²) < 4.78 is 5.92. The minimum Gasteiger partial charge on any atom is -0.385 e. The molecular formula is C18H21NO. The molecule has 0 atom stereocenters. The topological polar surface area (TPSA) is 21.3 Å². The maximum absolute atomic E-state index is 5.92. The lowest BCUT2D eigenvalue weighted by Gasteiger charge is -2.35. The summed E-state index contributed by atoms with van der Waals surface area (Å²) in [4.78, 5) is 0. The molecule has 0 radical (unpaired) electrons. The number of anilines is 1. The highest BCUT2D eigenvalue weighted by Crippen LogP contribution is 2.30. The molecule has 0 spiro atoms. The molecule has 2 aromatic carbocycles. The molecular weight excluding hydrogens is 246 g/mol. The van der Waals surface area contributed by atoms with Crippen LogP contribution in [0.5, 0.6) is 0 Å². The molecule has 3 rings (SSSR count). The Morgan fingerprint density at radius 1 is 0.900 bits per heavy atom. The van der Waals surface area contributed by atoms with Gasteiger partial charge in [-0.2, -0.15) is 0 Å². The van der Waals surface area contributed by atoms with Crippen LogP contribution in [0.4, 0.5) is 5.69 Å². The summed E-state index contributed by atoms with van der Waals surface area (Å²) in [5, 5.41) is 3.49. The Morgan fingerprint density at radius 3 is 2.25 bits per heavy atom. The fourth-order valence-electron chi connectivity index (χ4n) is 2.58. The predicted octanol–water partition coefficient (Wildman–Crippen LogP) is 4.09. The van der Waals surface area contributed by atoms with E-state index in [4.69, 9.17) is 4.74 Å². The Balaban J connectivity index is 1.33. The number of nitrogens with one attached hydrogen (secondary N) is 1. The zero-order valence-corrected chi connectivity index (χ0v) is 11.7. The first-order valence-corrected chi connectivity index (χ1v) is 7.34. The zero-order valence-electron chi connectivity index (χ0n) is 11.7. The van der Waals surface area contributed by atoms with E-state index < -0.39 is 0 Å². The minimum absolute atomic E-state index is 0.442. The molecule has 1 aliphatic rings. The molecule has 0 amide bonds. The van der Waals surface area contributed by atoms with Crippen LogP contribution < -0.4 is 5.32 Å². The molecule has 2 nitrogen and oxygen atoms in total. The quantitative estimate of drug-likeness (QED) is 0.851. The van der Waals surface area contributed by atoms with Gasteiger partial charge in [0.15, 0.2) is 0 Å². The van der Waals surface area contributed by atoms with E-state index in [0.717, 1.165) is 19.1 Å². The number of hydrogen-bond donors (Lipinski definition) is 1. The summed E-state index contributed by atoms with van der Waals surface area (Å²) in [6.07, 6.45) is 2.79. The molecule has 0 bridgehead atoms. The van der Waals surface area contributed by atoms with Crippen LogP contribution in [0.3, 0.4) is 0 Å². The number of rotatable bonds is 6. The van der Waals surface area contributed by atoms with Gasteiger partial charge in [-0.15, -0.1) is 0 Å². The summed E-state index contributed by atoms with van der Waals surface area (Å²) in [5.41, 5.74) is 2.47. The van der Waals surface area contributed by atoms with E-state index in [1.807, 2.05) is 12.1 Å². The molecule has 20 heavy (non-hydrogen) atoms. The Bertz CT molecular complexity index is 458. The fourth-order valence-corrected chi connectivity index (χ4v) is 2.58. The summed E-state index contributed by atoms with van der Waals surface area (Å²) >= 11 is 0. The van der Waals surface area contributed by atoms with Crippen LogP contribution in [0.1, 0.15) is 18.4 Å². The van der Waals surface area contributed by atoms with E-state index >= 15 is 0 Å². The van der Waals surface area contributed by atoms with E-state index in [9.17, 15) is 0 Å². The lowest BCUT2D eigenvalue weighted by atomic mass is 9.82. The van der Waals surface area contributed by atoms with Crippen molar-refractivity contribution in [2.24, 2.45) is 5.92 Å². The third-order valence-electron chi connectivity index (χ3n) is 3.89. The summed E-state index contributed by atoms with van der Waals surface area (Å²) in [5.74, 6) is 0.746. The monoisotopic (exact) mass is 267 g/mol. The van der Waals surface area contributed by atoms with Crippen molar-refractivity contribution in [2.45, 2.75) is 25.6 Å². The molecule has 0 saturated heterocycles. The van der Waals surface area contributed by atoms with Crippen LogP contribution in [-0.2, 0) is 11.3 Å². The van der Waals surface area contributed by atoms with Crippen LogP contribution in [0.25, 0.3) is 0 Å². The number of para-hydroxylation sites is 1. The molecule has 1 fully saturated rings. The minimum atomic E-state index is 0.442. The van der Waals surface area contributed by atoms with E-state index in [-0.39, 0.29) is 0 Å². The van der Waals surface area contributed by atoms with Gasteiger partial charge < -0.3 is 10.1 Å². The van der Waals surface area contributed by atoms with Crippen molar-refractivity contribution in [3.05, 3.63) is 66.2 Å². The number of benzene rings is 2. The van der Waals surface area contributed by atoms with Gasteiger partial charge in [-0.3, -0.25) is 0 Å². The van der Waals surface area contributed by atoms with Gasteiger partial charge in [-0.1, -0.05) is 48.5 Å². The lowest BCUT2D eigenvalue weighted by molar-refractivity contribution is -0.0366. The van der Waals surface area contributed by atoms with Crippen molar-refractivity contribution >= 4 is 5.69 Å². The highest BCUT2D eigenvalue weighted by molar-refractivity contribution is 5.42. The van der Waals surface area contributed by atoms with Crippen LogP contribution >= 0.6 is 0 Å². The van der Waals surface area contributed by atoms with E-state index in [1.54, 1.807) is 0 Å². The normalized spacial score (nSPS) is 21.2. The van der Waals surface area contributed by atoms with Gasteiger partial charge in [0, 0.05) is 12.2 Å². The lowest BCUT2D eigenvalue weighted by Crippen LogP contribution is -2.35. The van der Waals surface area contributed by atoms with Crippen molar-refractivity contribution in [2.75, 3.05) is 11.9 Å². The van der Waals surface area contributed by atoms with Gasteiger partial charge in [-0.25, -0.2) is 0 Å². The third kappa shape index (κ3) is 3.61. The van der Waals surface area contributed by atoms with Gasteiger partial charge in [0.05, 0.1) is 12.7 Å². The molecule has 104 valence electrons. The first-order chi connectivity index (χ1) is 9.90. The first-order valence-electron chi connectivity index (χ1n) is 7.34. The number of ether oxygens (including phenoxy) is 1. The second kappa shape index (κ2) is 6.58. The molecule has 0 heterocycles. The van der Waals surface area contributed by atoms with Crippen LogP contribution in [0.15, 0.2) is 60.7 Å².